The summed E-state index contributed by atoms with van der Waals surface area (Å²) in [5, 5.41) is 0. The molecule has 0 aromatic heterocycles. The van der Waals surface area contributed by atoms with Gasteiger partial charge in [-0.1, -0.05) is 55.3 Å². The molecule has 1 saturated carbocycles. The highest BCUT2D eigenvalue weighted by atomic mass is 16.5. The van der Waals surface area contributed by atoms with Crippen LogP contribution in [-0.2, 0) is 9.53 Å². The second kappa shape index (κ2) is 7.13. The zero-order valence-corrected chi connectivity index (χ0v) is 11.5. The van der Waals surface area contributed by atoms with Crippen LogP contribution in [0.4, 0.5) is 0 Å². The van der Waals surface area contributed by atoms with Gasteiger partial charge in [-0.3, -0.25) is 4.79 Å². The fourth-order valence-electron chi connectivity index (χ4n) is 2.76. The van der Waals surface area contributed by atoms with Crippen LogP contribution in [0.25, 0.3) is 6.08 Å². The van der Waals surface area contributed by atoms with E-state index < -0.39 is 0 Å². The molecule has 1 unspecified atom stereocenters. The highest BCUT2D eigenvalue weighted by molar-refractivity contribution is 5.76. The van der Waals surface area contributed by atoms with Gasteiger partial charge in [0.15, 0.2) is 0 Å². The van der Waals surface area contributed by atoms with Crippen molar-refractivity contribution in [3.63, 3.8) is 0 Å². The molecule has 1 aliphatic carbocycles. The second-order valence-electron chi connectivity index (χ2n) is 5.09. The molecule has 1 atom stereocenters. The van der Waals surface area contributed by atoms with E-state index >= 15 is 0 Å². The Kier molecular flexibility index (Phi) is 5.20. The van der Waals surface area contributed by atoms with Crippen molar-refractivity contribution in [1.82, 2.24) is 0 Å². The largest absolute Gasteiger partial charge is 0.466 e. The molecule has 19 heavy (non-hydrogen) atoms. The van der Waals surface area contributed by atoms with Crippen molar-refractivity contribution in [2.45, 2.75) is 32.6 Å². The Hall–Kier alpha value is -1.57. The molecule has 0 spiro atoms. The summed E-state index contributed by atoms with van der Waals surface area (Å²) in [6, 6.07) is 10.1. The van der Waals surface area contributed by atoms with Crippen molar-refractivity contribution in [1.29, 1.82) is 0 Å². The number of carbonyl (C=O) groups excluding carboxylic acids is 1. The second-order valence-corrected chi connectivity index (χ2v) is 5.09. The maximum Gasteiger partial charge on any atom is 0.313 e. The molecule has 0 saturated heterocycles. The minimum absolute atomic E-state index is 0.0680. The van der Waals surface area contributed by atoms with E-state index in [1.54, 1.807) is 0 Å². The van der Waals surface area contributed by atoms with Crippen molar-refractivity contribution >= 4 is 12.0 Å². The van der Waals surface area contributed by atoms with E-state index in [4.69, 9.17) is 4.74 Å². The summed E-state index contributed by atoms with van der Waals surface area (Å²) < 4.78 is 5.21. The van der Waals surface area contributed by atoms with E-state index in [0.29, 0.717) is 12.5 Å². The summed E-state index contributed by atoms with van der Waals surface area (Å²) in [4.78, 5) is 12.1. The van der Waals surface area contributed by atoms with Gasteiger partial charge in [0, 0.05) is 0 Å². The molecule has 2 nitrogen and oxygen atoms in total. The minimum Gasteiger partial charge on any atom is -0.466 e. The van der Waals surface area contributed by atoms with Gasteiger partial charge in [-0.25, -0.2) is 0 Å². The Labute approximate surface area is 115 Å². The van der Waals surface area contributed by atoms with E-state index in [1.807, 2.05) is 49.4 Å². The Morgan fingerprint density at radius 1 is 1.32 bits per heavy atom. The average molecular weight is 258 g/mol. The molecule has 102 valence electrons. The van der Waals surface area contributed by atoms with Crippen LogP contribution < -0.4 is 0 Å². The monoisotopic (exact) mass is 258 g/mol. The molecule has 0 aliphatic heterocycles. The molecule has 1 aromatic carbocycles. The normalized spacial score (nSPS) is 17.7. The van der Waals surface area contributed by atoms with E-state index in [0.717, 1.165) is 18.4 Å². The van der Waals surface area contributed by atoms with Gasteiger partial charge in [-0.05, 0) is 31.2 Å². The maximum atomic E-state index is 12.1. The van der Waals surface area contributed by atoms with E-state index in [2.05, 4.69) is 0 Å². The number of carbonyl (C=O) groups is 1. The van der Waals surface area contributed by atoms with Crippen LogP contribution in [0.5, 0.6) is 0 Å². The van der Waals surface area contributed by atoms with Crippen LogP contribution in [0.2, 0.25) is 0 Å². The lowest BCUT2D eigenvalue weighted by atomic mass is 9.90. The van der Waals surface area contributed by atoms with E-state index in [1.165, 1.54) is 12.8 Å². The van der Waals surface area contributed by atoms with Crippen molar-refractivity contribution < 1.29 is 9.53 Å². The molecule has 1 aliphatic rings. The molecule has 1 aromatic rings. The molecule has 1 fully saturated rings. The van der Waals surface area contributed by atoms with Crippen LogP contribution in [0.15, 0.2) is 36.4 Å². The zero-order chi connectivity index (χ0) is 13.5. The Morgan fingerprint density at radius 3 is 2.63 bits per heavy atom. The summed E-state index contributed by atoms with van der Waals surface area (Å²) in [7, 11) is 0. The molecule has 0 bridgehead atoms. The molecule has 0 heterocycles. The first-order valence-corrected chi connectivity index (χ1v) is 7.21. The van der Waals surface area contributed by atoms with Crippen LogP contribution in [0, 0.1) is 11.8 Å². The first-order valence-electron chi connectivity index (χ1n) is 7.21. The van der Waals surface area contributed by atoms with Gasteiger partial charge < -0.3 is 4.74 Å². The van der Waals surface area contributed by atoms with Crippen molar-refractivity contribution in [3.8, 4) is 0 Å². The summed E-state index contributed by atoms with van der Waals surface area (Å²) in [6.07, 6.45) is 8.83. The third-order valence-corrected chi connectivity index (χ3v) is 3.76. The lowest BCUT2D eigenvalue weighted by Crippen LogP contribution is -2.22. The first kappa shape index (κ1) is 13.9. The molecule has 0 amide bonds. The smallest absolute Gasteiger partial charge is 0.313 e. The first-order chi connectivity index (χ1) is 9.31. The van der Waals surface area contributed by atoms with Crippen LogP contribution in [0.1, 0.15) is 38.2 Å². The third kappa shape index (κ3) is 3.95. The fraction of sp³-hybridized carbons (Fsp3) is 0.471. The van der Waals surface area contributed by atoms with Gasteiger partial charge in [0.1, 0.15) is 0 Å². The third-order valence-electron chi connectivity index (χ3n) is 3.76. The summed E-state index contributed by atoms with van der Waals surface area (Å²) in [5.41, 5.74) is 1.13. The van der Waals surface area contributed by atoms with Crippen molar-refractivity contribution in [2.75, 3.05) is 6.61 Å². The molecule has 2 rings (SSSR count). The van der Waals surface area contributed by atoms with Crippen molar-refractivity contribution in [2.24, 2.45) is 11.8 Å². The fourth-order valence-corrected chi connectivity index (χ4v) is 2.76. The summed E-state index contributed by atoms with van der Waals surface area (Å²) >= 11 is 0. The molecular weight excluding hydrogens is 236 g/mol. The van der Waals surface area contributed by atoms with Crippen LogP contribution in [-0.4, -0.2) is 12.6 Å². The quantitative estimate of drug-likeness (QED) is 0.744. The van der Waals surface area contributed by atoms with E-state index in [9.17, 15) is 4.79 Å². The number of hydrogen-bond donors (Lipinski definition) is 0. The maximum absolute atomic E-state index is 12.1. The Balaban J connectivity index is 2.08. The Morgan fingerprint density at radius 2 is 2.00 bits per heavy atom. The number of esters is 1. The molecular formula is C17H22O2. The van der Waals surface area contributed by atoms with Crippen LogP contribution >= 0.6 is 0 Å². The van der Waals surface area contributed by atoms with Gasteiger partial charge >= 0.3 is 5.97 Å². The minimum atomic E-state index is -0.0809. The standard InChI is InChI=1S/C17H22O2/c1-2-19-17(18)16(15-10-6-7-11-15)13-12-14-8-4-3-5-9-14/h3-5,8-9,12-13,15-16H,2,6-7,10-11H2,1H3. The molecule has 0 radical (unpaired) electrons. The van der Waals surface area contributed by atoms with Gasteiger partial charge in [0.2, 0.25) is 0 Å². The number of benzene rings is 1. The van der Waals surface area contributed by atoms with E-state index in [-0.39, 0.29) is 11.9 Å². The highest BCUT2D eigenvalue weighted by Crippen LogP contribution is 2.33. The van der Waals surface area contributed by atoms with Crippen LogP contribution in [0.3, 0.4) is 0 Å². The van der Waals surface area contributed by atoms with Gasteiger partial charge in [0.25, 0.3) is 0 Å². The SMILES string of the molecule is CCOC(=O)C(C=Cc1ccccc1)C1CCCC1. The average Bonchev–Trinajstić information content (AvgIpc) is 2.94. The summed E-state index contributed by atoms with van der Waals surface area (Å²) in [5.74, 6) is 0.309. The summed E-state index contributed by atoms with van der Waals surface area (Å²) in [6.45, 7) is 2.33. The lowest BCUT2D eigenvalue weighted by molar-refractivity contribution is -0.147. The Bertz CT molecular complexity index is 416. The molecule has 0 N–H and O–H groups in total. The lowest BCUT2D eigenvalue weighted by Gasteiger charge is -2.18. The van der Waals surface area contributed by atoms with Gasteiger partial charge in [0.05, 0.1) is 12.5 Å². The van der Waals surface area contributed by atoms with Gasteiger partial charge in [-0.2, -0.15) is 0 Å². The zero-order valence-electron chi connectivity index (χ0n) is 11.5. The van der Waals surface area contributed by atoms with Gasteiger partial charge in [-0.15, -0.1) is 0 Å². The molecule has 2 heteroatoms. The predicted octanol–water partition coefficient (Wildman–Crippen LogP) is 4.07. The number of rotatable bonds is 5. The number of hydrogen-bond acceptors (Lipinski definition) is 2. The number of ether oxygens (including phenoxy) is 1. The predicted molar refractivity (Wildman–Crippen MR) is 77.6 cm³/mol. The van der Waals surface area contributed by atoms with Crippen molar-refractivity contribution in [3.05, 3.63) is 42.0 Å². The highest BCUT2D eigenvalue weighted by Gasteiger charge is 2.29. The topological polar surface area (TPSA) is 26.3 Å².